The van der Waals surface area contributed by atoms with Crippen LogP contribution in [0.1, 0.15) is 27.5 Å². The maximum absolute atomic E-state index is 13.4. The first-order valence-corrected chi connectivity index (χ1v) is 12.6. The minimum Gasteiger partial charge on any atom is -0.325 e. The molecule has 0 bridgehead atoms. The highest BCUT2D eigenvalue weighted by Crippen LogP contribution is 2.37. The first kappa shape index (κ1) is 25.0. The molecule has 0 spiro atoms. The summed E-state index contributed by atoms with van der Waals surface area (Å²) in [6.07, 6.45) is 3.29. The summed E-state index contributed by atoms with van der Waals surface area (Å²) in [4.78, 5) is 26.7. The summed E-state index contributed by atoms with van der Waals surface area (Å²) >= 11 is 1.45. The van der Waals surface area contributed by atoms with E-state index in [0.717, 1.165) is 32.8 Å². The summed E-state index contributed by atoms with van der Waals surface area (Å²) in [6, 6.07) is 33.0. The summed E-state index contributed by atoms with van der Waals surface area (Å²) in [5.74, 6) is -0.315. The lowest BCUT2D eigenvalue weighted by atomic mass is 10.1. The Balaban J connectivity index is 1.50. The molecule has 180 valence electrons. The Labute approximate surface area is 216 Å². The monoisotopic (exact) mass is 492 g/mol. The third-order valence-electron chi connectivity index (χ3n) is 5.41. The molecule has 1 atom stereocenters. The van der Waals surface area contributed by atoms with Crippen LogP contribution in [0.25, 0.3) is 6.08 Å². The SMILES string of the molecule is Cc1cc(C)cc(NC(=O)C(Sc2cccc(NC(=O)/C=C/c3ccccc3)c2)c2ccccc2)c1. The van der Waals surface area contributed by atoms with Gasteiger partial charge in [-0.2, -0.15) is 0 Å². The summed E-state index contributed by atoms with van der Waals surface area (Å²) in [6.45, 7) is 4.03. The Morgan fingerprint density at radius 2 is 1.39 bits per heavy atom. The quantitative estimate of drug-likeness (QED) is 0.199. The zero-order chi connectivity index (χ0) is 25.3. The Bertz CT molecular complexity index is 1350. The lowest BCUT2D eigenvalue weighted by molar-refractivity contribution is -0.116. The van der Waals surface area contributed by atoms with Gasteiger partial charge in [0, 0.05) is 22.3 Å². The van der Waals surface area contributed by atoms with Gasteiger partial charge in [0.1, 0.15) is 5.25 Å². The van der Waals surface area contributed by atoms with Crippen molar-refractivity contribution < 1.29 is 9.59 Å². The van der Waals surface area contributed by atoms with Gasteiger partial charge in [0.15, 0.2) is 0 Å². The molecule has 0 fully saturated rings. The number of benzene rings is 4. The average Bonchev–Trinajstić information content (AvgIpc) is 2.87. The second kappa shape index (κ2) is 12.0. The van der Waals surface area contributed by atoms with Gasteiger partial charge in [0.2, 0.25) is 11.8 Å². The normalized spacial score (nSPS) is 11.7. The molecule has 0 aliphatic rings. The number of carbonyl (C=O) groups excluding carboxylic acids is 2. The number of rotatable bonds is 8. The Hall–Kier alpha value is -4.09. The van der Waals surface area contributed by atoms with E-state index in [2.05, 4.69) is 16.7 Å². The van der Waals surface area contributed by atoms with Crippen LogP contribution >= 0.6 is 11.8 Å². The zero-order valence-corrected chi connectivity index (χ0v) is 21.1. The maximum Gasteiger partial charge on any atom is 0.248 e. The third kappa shape index (κ3) is 7.20. The number of hydrogen-bond donors (Lipinski definition) is 2. The van der Waals surface area contributed by atoms with Crippen LogP contribution in [0.2, 0.25) is 0 Å². The molecule has 4 rings (SSSR count). The highest BCUT2D eigenvalue weighted by molar-refractivity contribution is 8.00. The molecule has 0 saturated carbocycles. The van der Waals surface area contributed by atoms with Crippen molar-refractivity contribution in [2.75, 3.05) is 10.6 Å². The molecular formula is C31H28N2O2S. The van der Waals surface area contributed by atoms with Crippen LogP contribution in [-0.4, -0.2) is 11.8 Å². The summed E-state index contributed by atoms with van der Waals surface area (Å²) < 4.78 is 0. The second-order valence-corrected chi connectivity index (χ2v) is 9.71. The van der Waals surface area contributed by atoms with Crippen LogP contribution < -0.4 is 10.6 Å². The van der Waals surface area contributed by atoms with Crippen LogP contribution in [-0.2, 0) is 9.59 Å². The Kier molecular flexibility index (Phi) is 8.37. The molecule has 36 heavy (non-hydrogen) atoms. The fourth-order valence-electron chi connectivity index (χ4n) is 3.86. The van der Waals surface area contributed by atoms with E-state index in [4.69, 9.17) is 0 Å². The van der Waals surface area contributed by atoms with Gasteiger partial charge >= 0.3 is 0 Å². The fraction of sp³-hybridized carbons (Fsp3) is 0.0968. The first-order chi connectivity index (χ1) is 17.5. The van der Waals surface area contributed by atoms with Gasteiger partial charge in [0.05, 0.1) is 0 Å². The molecular weight excluding hydrogens is 464 g/mol. The van der Waals surface area contributed by atoms with Crippen LogP contribution in [0.3, 0.4) is 0 Å². The number of thioether (sulfide) groups is 1. The zero-order valence-electron chi connectivity index (χ0n) is 20.3. The largest absolute Gasteiger partial charge is 0.325 e. The standard InChI is InChI=1S/C31H28N2O2S/c1-22-18-23(2)20-27(19-22)33-31(35)30(25-12-7-4-8-13-25)36-28-15-9-14-26(21-28)32-29(34)17-16-24-10-5-3-6-11-24/h3-21,30H,1-2H3,(H,32,34)(H,33,35)/b17-16+. The molecule has 0 aliphatic heterocycles. The molecule has 2 N–H and O–H groups in total. The summed E-state index contributed by atoms with van der Waals surface area (Å²) in [5.41, 5.74) is 5.51. The van der Waals surface area contributed by atoms with Gasteiger partial charge in [0.25, 0.3) is 0 Å². The molecule has 4 aromatic rings. The first-order valence-electron chi connectivity index (χ1n) is 11.7. The van der Waals surface area contributed by atoms with Crippen molar-refractivity contribution in [2.24, 2.45) is 0 Å². The van der Waals surface area contributed by atoms with Crippen LogP contribution in [0.15, 0.2) is 114 Å². The molecule has 0 radical (unpaired) electrons. The lowest BCUT2D eigenvalue weighted by Crippen LogP contribution is -2.19. The van der Waals surface area contributed by atoms with E-state index in [9.17, 15) is 9.59 Å². The van der Waals surface area contributed by atoms with E-state index in [-0.39, 0.29) is 11.8 Å². The van der Waals surface area contributed by atoms with Crippen molar-refractivity contribution in [3.8, 4) is 0 Å². The minimum absolute atomic E-state index is 0.101. The van der Waals surface area contributed by atoms with Crippen molar-refractivity contribution in [3.63, 3.8) is 0 Å². The second-order valence-electron chi connectivity index (χ2n) is 8.54. The maximum atomic E-state index is 13.4. The molecule has 1 unspecified atom stereocenters. The van der Waals surface area contributed by atoms with E-state index < -0.39 is 5.25 Å². The highest BCUT2D eigenvalue weighted by Gasteiger charge is 2.22. The van der Waals surface area contributed by atoms with Crippen molar-refractivity contribution in [2.45, 2.75) is 24.0 Å². The molecule has 0 aromatic heterocycles. The van der Waals surface area contributed by atoms with E-state index in [1.54, 1.807) is 6.08 Å². The topological polar surface area (TPSA) is 58.2 Å². The van der Waals surface area contributed by atoms with Crippen molar-refractivity contribution in [3.05, 3.63) is 131 Å². The number of anilines is 2. The Morgan fingerprint density at radius 1 is 0.722 bits per heavy atom. The van der Waals surface area contributed by atoms with Gasteiger partial charge in [-0.1, -0.05) is 72.8 Å². The van der Waals surface area contributed by atoms with Crippen molar-refractivity contribution in [1.29, 1.82) is 0 Å². The van der Waals surface area contributed by atoms with Gasteiger partial charge in [-0.3, -0.25) is 9.59 Å². The smallest absolute Gasteiger partial charge is 0.248 e. The predicted octanol–water partition coefficient (Wildman–Crippen LogP) is 7.43. The average molecular weight is 493 g/mol. The van der Waals surface area contributed by atoms with E-state index in [1.165, 1.54) is 17.8 Å². The fourth-order valence-corrected chi connectivity index (χ4v) is 4.94. The van der Waals surface area contributed by atoms with Gasteiger partial charge in [-0.15, -0.1) is 11.8 Å². The molecule has 5 heteroatoms. The predicted molar refractivity (Wildman–Crippen MR) is 150 cm³/mol. The molecule has 2 amide bonds. The molecule has 0 aliphatic carbocycles. The molecule has 4 aromatic carbocycles. The van der Waals surface area contributed by atoms with Crippen LogP contribution in [0.5, 0.6) is 0 Å². The van der Waals surface area contributed by atoms with Crippen molar-refractivity contribution >= 4 is 41.0 Å². The minimum atomic E-state index is -0.462. The number of amides is 2. The lowest BCUT2D eigenvalue weighted by Gasteiger charge is -2.18. The third-order valence-corrected chi connectivity index (χ3v) is 6.66. The molecule has 4 nitrogen and oxygen atoms in total. The molecule has 0 heterocycles. The van der Waals surface area contributed by atoms with E-state index >= 15 is 0 Å². The van der Waals surface area contributed by atoms with E-state index in [0.29, 0.717) is 5.69 Å². The number of carbonyl (C=O) groups is 2. The van der Waals surface area contributed by atoms with Gasteiger partial charge in [-0.25, -0.2) is 0 Å². The summed E-state index contributed by atoms with van der Waals surface area (Å²) in [5, 5.41) is 5.53. The Morgan fingerprint density at radius 3 is 2.08 bits per heavy atom. The van der Waals surface area contributed by atoms with Crippen LogP contribution in [0, 0.1) is 13.8 Å². The number of nitrogens with one attached hydrogen (secondary N) is 2. The van der Waals surface area contributed by atoms with Gasteiger partial charge in [-0.05, 0) is 72.5 Å². The number of aryl methyl sites for hydroxylation is 2. The van der Waals surface area contributed by atoms with Crippen LogP contribution in [0.4, 0.5) is 11.4 Å². The summed E-state index contributed by atoms with van der Waals surface area (Å²) in [7, 11) is 0. The van der Waals surface area contributed by atoms with Crippen molar-refractivity contribution in [1.82, 2.24) is 0 Å². The van der Waals surface area contributed by atoms with Gasteiger partial charge < -0.3 is 10.6 Å². The highest BCUT2D eigenvalue weighted by atomic mass is 32.2. The van der Waals surface area contributed by atoms with E-state index in [1.807, 2.05) is 111 Å². The molecule has 0 saturated heterocycles. The number of hydrogen-bond acceptors (Lipinski definition) is 3.